The van der Waals surface area contributed by atoms with Gasteiger partial charge in [-0.3, -0.25) is 0 Å². The van der Waals surface area contributed by atoms with Crippen molar-refractivity contribution in [3.8, 4) is 5.69 Å². The number of aromatic carboxylic acids is 2. The van der Waals surface area contributed by atoms with Gasteiger partial charge in [-0.25, -0.2) is 9.59 Å². The number of carbonyl (C=O) groups is 2. The maximum Gasteiger partial charge on any atom is 0.337 e. The number of aromatic nitrogens is 1. The molecule has 3 N–H and O–H groups in total. The molecule has 1 heterocycles. The van der Waals surface area contributed by atoms with Gasteiger partial charge in [0.25, 0.3) is 0 Å². The van der Waals surface area contributed by atoms with E-state index in [1.54, 1.807) is 4.57 Å². The van der Waals surface area contributed by atoms with Gasteiger partial charge in [-0.2, -0.15) is 0 Å². The Morgan fingerprint density at radius 1 is 0.714 bits per heavy atom. The number of carboxylic acids is 2. The second kappa shape index (κ2) is 7.58. The minimum atomic E-state index is -1.17. The summed E-state index contributed by atoms with van der Waals surface area (Å²) >= 11 is 0. The molecule has 0 unspecified atom stereocenters. The number of rotatable bonds is 3. The van der Waals surface area contributed by atoms with Gasteiger partial charge in [0.15, 0.2) is 5.34 Å². The van der Waals surface area contributed by atoms with E-state index >= 15 is 0 Å². The topological polar surface area (TPSA) is 129 Å². The maximum atomic E-state index is 11.8. The first kappa shape index (κ1) is 18.6. The van der Waals surface area contributed by atoms with E-state index in [1.807, 2.05) is 48.5 Å². The van der Waals surface area contributed by atoms with Crippen molar-refractivity contribution < 1.29 is 25.0 Å². The normalized spacial score (nSPS) is 10.3. The van der Waals surface area contributed by atoms with Crippen molar-refractivity contribution in [2.24, 2.45) is 5.34 Å². The second-order valence-corrected chi connectivity index (χ2v) is 5.76. The molecule has 28 heavy (non-hydrogen) atoms. The quantitative estimate of drug-likeness (QED) is 0.359. The predicted molar refractivity (Wildman–Crippen MR) is 102 cm³/mol. The zero-order chi connectivity index (χ0) is 20.3. The molecule has 0 aliphatic carbocycles. The van der Waals surface area contributed by atoms with E-state index in [1.165, 1.54) is 23.5 Å². The maximum absolute atomic E-state index is 11.8. The number of nitrogens with zero attached hydrogens (tertiary/aromatic N) is 2. The van der Waals surface area contributed by atoms with E-state index < -0.39 is 11.9 Å². The molecule has 8 heteroatoms. The second-order valence-electron chi connectivity index (χ2n) is 5.76. The molecule has 1 aromatic heterocycles. The largest absolute Gasteiger partial charge is 0.478 e. The van der Waals surface area contributed by atoms with Crippen LogP contribution in [0.1, 0.15) is 20.7 Å². The summed E-state index contributed by atoms with van der Waals surface area (Å²) in [5, 5.41) is 29.0. The van der Waals surface area contributed by atoms with Gasteiger partial charge in [0.1, 0.15) is 0 Å². The number of hydrogen-bond acceptors (Lipinski definition) is 4. The predicted octanol–water partition coefficient (Wildman–Crippen LogP) is 4.32. The molecule has 0 amide bonds. The molecule has 3 aromatic carbocycles. The van der Waals surface area contributed by atoms with Crippen molar-refractivity contribution in [1.82, 2.24) is 4.57 Å². The summed E-state index contributed by atoms with van der Waals surface area (Å²) in [6, 6.07) is 19.4. The lowest BCUT2D eigenvalue weighted by atomic mass is 10.1. The fourth-order valence-corrected chi connectivity index (χ4v) is 3.29. The first-order chi connectivity index (χ1) is 13.5. The van der Waals surface area contributed by atoms with Gasteiger partial charge in [-0.05, 0) is 24.3 Å². The van der Waals surface area contributed by atoms with E-state index in [2.05, 4.69) is 0 Å². The molecular formula is C20H14N2O6. The van der Waals surface area contributed by atoms with E-state index in [-0.39, 0.29) is 16.8 Å². The standard InChI is InChI=1S/C20H13NO4.HNO2/c22-19(23)14-8-5-9-15(20(24)25)18(14)21-16-10-3-1-6-12(16)13-7-2-4-11-17(13)21;2-1-3/h1-11H,(H,22,23)(H,24,25);(H,2,3). The highest BCUT2D eigenvalue weighted by Crippen LogP contribution is 2.34. The Kier molecular flexibility index (Phi) is 5.03. The number of hydrogen-bond donors (Lipinski definition) is 3. The van der Waals surface area contributed by atoms with Gasteiger partial charge in [0.05, 0.1) is 27.8 Å². The van der Waals surface area contributed by atoms with Crippen LogP contribution in [-0.2, 0) is 0 Å². The lowest BCUT2D eigenvalue weighted by Crippen LogP contribution is -2.12. The number of para-hydroxylation sites is 3. The highest BCUT2D eigenvalue weighted by atomic mass is 16.6. The molecular weight excluding hydrogens is 364 g/mol. The molecule has 0 saturated heterocycles. The Balaban J connectivity index is 0.000000706. The SMILES string of the molecule is O=C(O)c1cccc(C(=O)O)c1-n1c2ccccc2c2ccccc21.O=NO. The Bertz CT molecular complexity index is 1130. The Morgan fingerprint density at radius 2 is 1.11 bits per heavy atom. The average molecular weight is 378 g/mol. The lowest BCUT2D eigenvalue weighted by Gasteiger charge is -2.14. The van der Waals surface area contributed by atoms with Gasteiger partial charge in [0, 0.05) is 10.8 Å². The van der Waals surface area contributed by atoms with Gasteiger partial charge < -0.3 is 20.0 Å². The fraction of sp³-hybridized carbons (Fsp3) is 0. The molecule has 4 rings (SSSR count). The van der Waals surface area contributed by atoms with Crippen molar-refractivity contribution >= 4 is 33.7 Å². The minimum absolute atomic E-state index is 0.0496. The van der Waals surface area contributed by atoms with Crippen molar-refractivity contribution in [2.45, 2.75) is 0 Å². The van der Waals surface area contributed by atoms with Gasteiger partial charge in [-0.15, -0.1) is 4.91 Å². The minimum Gasteiger partial charge on any atom is -0.478 e. The summed E-state index contributed by atoms with van der Waals surface area (Å²) in [7, 11) is 0. The van der Waals surface area contributed by atoms with Crippen LogP contribution in [0.4, 0.5) is 0 Å². The molecule has 0 fully saturated rings. The Labute approximate surface area is 157 Å². The van der Waals surface area contributed by atoms with Crippen LogP contribution in [0.25, 0.3) is 27.5 Å². The summed E-state index contributed by atoms with van der Waals surface area (Å²) < 4.78 is 1.72. The van der Waals surface area contributed by atoms with Crippen molar-refractivity contribution in [3.05, 3.63) is 82.8 Å². The summed E-state index contributed by atoms with van der Waals surface area (Å²) in [5.41, 5.74) is 1.59. The molecule has 0 saturated carbocycles. The van der Waals surface area contributed by atoms with E-state index in [0.29, 0.717) is 0 Å². The van der Waals surface area contributed by atoms with Crippen LogP contribution in [0.5, 0.6) is 0 Å². The first-order valence-corrected chi connectivity index (χ1v) is 8.06. The molecule has 0 aliphatic rings. The third-order valence-electron chi connectivity index (χ3n) is 4.30. The molecule has 0 radical (unpaired) electrons. The molecule has 0 atom stereocenters. The fourth-order valence-electron chi connectivity index (χ4n) is 3.29. The smallest absolute Gasteiger partial charge is 0.337 e. The lowest BCUT2D eigenvalue weighted by molar-refractivity contribution is 0.0696. The van der Waals surface area contributed by atoms with E-state index in [4.69, 9.17) is 10.1 Å². The molecule has 0 aliphatic heterocycles. The molecule has 0 bridgehead atoms. The molecule has 4 aromatic rings. The highest BCUT2D eigenvalue weighted by molar-refractivity contribution is 6.11. The number of carboxylic acid groups (broad SMARTS) is 2. The van der Waals surface area contributed by atoms with Crippen LogP contribution in [0.15, 0.2) is 72.1 Å². The third kappa shape index (κ3) is 3.03. The Hall–Kier alpha value is -4.20. The zero-order valence-corrected chi connectivity index (χ0v) is 14.3. The summed E-state index contributed by atoms with van der Waals surface area (Å²) in [6.07, 6.45) is 0. The van der Waals surface area contributed by atoms with E-state index in [0.717, 1.165) is 21.8 Å². The number of benzene rings is 3. The van der Waals surface area contributed by atoms with Crippen LogP contribution in [0.2, 0.25) is 0 Å². The van der Waals surface area contributed by atoms with Crippen molar-refractivity contribution in [2.75, 3.05) is 0 Å². The summed E-state index contributed by atoms with van der Waals surface area (Å²) in [6.45, 7) is 0. The van der Waals surface area contributed by atoms with Crippen molar-refractivity contribution in [1.29, 1.82) is 0 Å². The van der Waals surface area contributed by atoms with Crippen LogP contribution in [0, 0.1) is 4.91 Å². The summed E-state index contributed by atoms with van der Waals surface area (Å²) in [5.74, 6) is -2.33. The van der Waals surface area contributed by atoms with Gasteiger partial charge >= 0.3 is 11.9 Å². The molecule has 8 nitrogen and oxygen atoms in total. The van der Waals surface area contributed by atoms with E-state index in [9.17, 15) is 19.8 Å². The molecule has 140 valence electrons. The van der Waals surface area contributed by atoms with Crippen LogP contribution < -0.4 is 0 Å². The van der Waals surface area contributed by atoms with Crippen LogP contribution in [0.3, 0.4) is 0 Å². The highest BCUT2D eigenvalue weighted by Gasteiger charge is 2.23. The molecule has 0 spiro atoms. The third-order valence-corrected chi connectivity index (χ3v) is 4.30. The van der Waals surface area contributed by atoms with Gasteiger partial charge in [0.2, 0.25) is 0 Å². The van der Waals surface area contributed by atoms with Gasteiger partial charge in [-0.1, -0.05) is 42.5 Å². The zero-order valence-electron chi connectivity index (χ0n) is 14.3. The summed E-state index contributed by atoms with van der Waals surface area (Å²) in [4.78, 5) is 31.6. The van der Waals surface area contributed by atoms with Crippen LogP contribution in [-0.4, -0.2) is 31.9 Å². The monoisotopic (exact) mass is 378 g/mol. The number of fused-ring (bicyclic) bond motifs is 3. The van der Waals surface area contributed by atoms with Crippen molar-refractivity contribution in [3.63, 3.8) is 0 Å². The van der Waals surface area contributed by atoms with Crippen LogP contribution >= 0.6 is 0 Å². The first-order valence-electron chi connectivity index (χ1n) is 8.06. The average Bonchev–Trinajstić information content (AvgIpc) is 3.02. The Morgan fingerprint density at radius 3 is 1.50 bits per heavy atom.